The molecule has 2 aliphatic heterocycles. The van der Waals surface area contributed by atoms with Gasteiger partial charge in [0.25, 0.3) is 11.8 Å². The first kappa shape index (κ1) is 33.3. The molecule has 0 unspecified atom stereocenters. The first-order valence-corrected chi connectivity index (χ1v) is 14.0. The van der Waals surface area contributed by atoms with E-state index in [0.717, 1.165) is 26.6 Å². The van der Waals surface area contributed by atoms with E-state index in [9.17, 15) is 49.9 Å². The molecule has 3 aromatic rings. The number of aromatic nitrogens is 2. The number of nitrogens with one attached hydrogen (secondary N) is 2. The Hall–Kier alpha value is -5.10. The number of benzene rings is 2. The Morgan fingerprint density at radius 2 is 1.85 bits per heavy atom. The number of urea groups is 1. The van der Waals surface area contributed by atoms with E-state index in [4.69, 9.17) is 5.73 Å². The zero-order valence-corrected chi connectivity index (χ0v) is 24.1. The van der Waals surface area contributed by atoms with Crippen LogP contribution in [0.3, 0.4) is 0 Å². The highest BCUT2D eigenvalue weighted by molar-refractivity contribution is 6.06. The van der Waals surface area contributed by atoms with Crippen molar-refractivity contribution in [1.29, 1.82) is 0 Å². The second kappa shape index (κ2) is 12.6. The number of ether oxygens (including phenoxy) is 1. The van der Waals surface area contributed by atoms with Crippen LogP contribution >= 0.6 is 0 Å². The molecule has 0 radical (unpaired) electrons. The van der Waals surface area contributed by atoms with Gasteiger partial charge in [-0.15, -0.1) is 13.2 Å². The first-order chi connectivity index (χ1) is 22.0. The molecule has 1 aromatic heterocycles. The quantitative estimate of drug-likeness (QED) is 0.323. The zero-order valence-electron chi connectivity index (χ0n) is 24.1. The number of likely N-dealkylation sites (tertiary alicyclic amines) is 2. The Labute approximate surface area is 260 Å². The molecular formula is C28H26F7N7O5. The van der Waals surface area contributed by atoms with Gasteiger partial charge in [-0.2, -0.15) is 5.10 Å². The fraction of sp³-hybridized carbons (Fsp3) is 0.393. The third-order valence-corrected chi connectivity index (χ3v) is 7.52. The van der Waals surface area contributed by atoms with Crippen LogP contribution in [0.2, 0.25) is 0 Å². The second-order valence-electron chi connectivity index (χ2n) is 11.0. The number of fused-ring (bicyclic) bond motifs is 1. The molecule has 0 spiro atoms. The molecule has 2 atom stereocenters. The van der Waals surface area contributed by atoms with Crippen LogP contribution < -0.4 is 21.1 Å². The van der Waals surface area contributed by atoms with Crippen LogP contribution in [0.1, 0.15) is 29.8 Å². The molecule has 47 heavy (non-hydrogen) atoms. The Morgan fingerprint density at radius 1 is 1.11 bits per heavy atom. The number of nitrogens with zero attached hydrogens (tertiary/aromatic N) is 4. The van der Waals surface area contributed by atoms with Crippen LogP contribution in [0.15, 0.2) is 36.4 Å². The van der Waals surface area contributed by atoms with Crippen LogP contribution in [0, 0.1) is 5.82 Å². The second-order valence-corrected chi connectivity index (χ2v) is 11.0. The molecule has 2 saturated heterocycles. The predicted octanol–water partition coefficient (Wildman–Crippen LogP) is 4.01. The number of rotatable bonds is 7. The maximum Gasteiger partial charge on any atom is 0.573 e. The van der Waals surface area contributed by atoms with Gasteiger partial charge < -0.3 is 30.9 Å². The fourth-order valence-corrected chi connectivity index (χ4v) is 5.46. The normalized spacial score (nSPS) is 19.5. The summed E-state index contributed by atoms with van der Waals surface area (Å²) in [5, 5.41) is 8.68. The molecule has 5 amide bonds. The van der Waals surface area contributed by atoms with E-state index >= 15 is 0 Å². The molecule has 19 heteroatoms. The van der Waals surface area contributed by atoms with Crippen molar-refractivity contribution < 1.29 is 54.6 Å². The van der Waals surface area contributed by atoms with E-state index in [1.165, 1.54) is 18.2 Å². The number of hydrogen-bond acceptors (Lipinski definition) is 6. The lowest BCUT2D eigenvalue weighted by Gasteiger charge is -2.32. The number of halogens is 7. The molecule has 5 rings (SSSR count). The van der Waals surface area contributed by atoms with Crippen molar-refractivity contribution >= 4 is 46.0 Å². The van der Waals surface area contributed by atoms with Crippen molar-refractivity contribution in [2.45, 2.75) is 50.3 Å². The lowest BCUT2D eigenvalue weighted by atomic mass is 10.1. The Kier molecular flexibility index (Phi) is 8.92. The Balaban J connectivity index is 1.33. The van der Waals surface area contributed by atoms with Crippen LogP contribution in [0.25, 0.3) is 10.9 Å². The van der Waals surface area contributed by atoms with Gasteiger partial charge in [-0.1, -0.05) is 6.07 Å². The van der Waals surface area contributed by atoms with Gasteiger partial charge in [-0.05, 0) is 36.8 Å². The highest BCUT2D eigenvalue weighted by Gasteiger charge is 2.41. The molecule has 12 nitrogen and oxygen atoms in total. The van der Waals surface area contributed by atoms with Crippen molar-refractivity contribution in [2.24, 2.45) is 5.73 Å². The summed E-state index contributed by atoms with van der Waals surface area (Å²) in [7, 11) is 0. The number of alkyl halides is 6. The number of carbonyl (C=O) groups is 4. The van der Waals surface area contributed by atoms with Crippen molar-refractivity contribution in [1.82, 2.24) is 19.6 Å². The van der Waals surface area contributed by atoms with Gasteiger partial charge in [0.15, 0.2) is 17.3 Å². The summed E-state index contributed by atoms with van der Waals surface area (Å²) in [6.45, 7) is -1.85. The van der Waals surface area contributed by atoms with Gasteiger partial charge in [0.1, 0.15) is 18.8 Å². The molecule has 0 aliphatic carbocycles. The summed E-state index contributed by atoms with van der Waals surface area (Å²) in [6, 6.07) is 4.36. The maximum absolute atomic E-state index is 14.6. The highest BCUT2D eigenvalue weighted by atomic mass is 19.4. The topological polar surface area (TPSA) is 152 Å². The van der Waals surface area contributed by atoms with Crippen molar-refractivity contribution in [3.8, 4) is 5.75 Å². The number of carbonyl (C=O) groups excluding carboxylic acids is 4. The van der Waals surface area contributed by atoms with E-state index in [1.54, 1.807) is 0 Å². The van der Waals surface area contributed by atoms with Gasteiger partial charge in [0, 0.05) is 30.5 Å². The number of amides is 5. The number of anilines is 2. The van der Waals surface area contributed by atoms with E-state index in [-0.39, 0.29) is 41.7 Å². The number of piperidine rings is 1. The predicted molar refractivity (Wildman–Crippen MR) is 150 cm³/mol. The molecule has 2 fully saturated rings. The molecular weight excluding hydrogens is 647 g/mol. The third kappa shape index (κ3) is 7.49. The van der Waals surface area contributed by atoms with E-state index in [0.29, 0.717) is 6.07 Å². The monoisotopic (exact) mass is 673 g/mol. The minimum absolute atomic E-state index is 0.0857. The molecule has 0 saturated carbocycles. The summed E-state index contributed by atoms with van der Waals surface area (Å²) < 4.78 is 99.1. The first-order valence-electron chi connectivity index (χ1n) is 14.0. The van der Waals surface area contributed by atoms with Gasteiger partial charge in [0.05, 0.1) is 24.3 Å². The summed E-state index contributed by atoms with van der Waals surface area (Å²) in [4.78, 5) is 52.9. The van der Waals surface area contributed by atoms with E-state index in [1.807, 2.05) is 0 Å². The van der Waals surface area contributed by atoms with Crippen LogP contribution in [0.4, 0.5) is 46.9 Å². The summed E-state index contributed by atoms with van der Waals surface area (Å²) in [6.07, 6.45) is -7.63. The molecule has 2 aliphatic rings. The van der Waals surface area contributed by atoms with Crippen LogP contribution in [-0.2, 0) is 16.1 Å². The average molecular weight is 674 g/mol. The molecule has 4 N–H and O–H groups in total. The third-order valence-electron chi connectivity index (χ3n) is 7.52. The summed E-state index contributed by atoms with van der Waals surface area (Å²) >= 11 is 0. The van der Waals surface area contributed by atoms with Crippen LogP contribution in [-0.4, -0.2) is 87.5 Å². The van der Waals surface area contributed by atoms with Gasteiger partial charge in [-0.25, -0.2) is 22.4 Å². The van der Waals surface area contributed by atoms with Gasteiger partial charge in [0.2, 0.25) is 11.8 Å². The van der Waals surface area contributed by atoms with Crippen molar-refractivity contribution in [2.75, 3.05) is 30.3 Å². The molecule has 252 valence electrons. The van der Waals surface area contributed by atoms with Crippen molar-refractivity contribution in [3.05, 3.63) is 47.9 Å². The standard InChI is InChI=1S/C28H26F7N7O5/c29-14-9-19(25(45)38-17-3-1-4-20(22(17)30)47-28(33,34)35)41(11-14)21(43)12-42-18-6-5-15(10-16(18)23(39-42)24(36)44)37-26(46)40-8-2-7-27(31,32)13-40/h1,3-6,10,14,19H,2,7-9,11-13H2,(H2,36,44)(H,37,46)(H,38,45)/t14-,19+/m1/s1. The molecule has 0 bridgehead atoms. The molecule has 3 heterocycles. The lowest BCUT2D eigenvalue weighted by molar-refractivity contribution is -0.275. The van der Waals surface area contributed by atoms with E-state index < -0.39 is 91.6 Å². The summed E-state index contributed by atoms with van der Waals surface area (Å²) in [5.41, 5.74) is 4.72. The van der Waals surface area contributed by atoms with E-state index in [2.05, 4.69) is 20.5 Å². The SMILES string of the molecule is NC(=O)c1nn(CC(=O)N2C[C@H](F)C[C@H]2C(=O)Nc2cccc(OC(F)(F)F)c2F)c2ccc(NC(=O)N3CCCC(F)(F)C3)cc12. The zero-order chi connectivity index (χ0) is 34.3. The number of hydrogen-bond donors (Lipinski definition) is 3. The minimum Gasteiger partial charge on any atom is -0.403 e. The molecule has 2 aromatic carbocycles. The lowest BCUT2D eigenvalue weighted by Crippen LogP contribution is -2.47. The van der Waals surface area contributed by atoms with Crippen LogP contribution in [0.5, 0.6) is 5.75 Å². The highest BCUT2D eigenvalue weighted by Crippen LogP contribution is 2.31. The number of nitrogens with two attached hydrogens (primary N) is 1. The smallest absolute Gasteiger partial charge is 0.403 e. The average Bonchev–Trinajstić information content (AvgIpc) is 3.54. The Bertz CT molecular complexity index is 1730. The number of primary amides is 1. The largest absolute Gasteiger partial charge is 0.573 e. The fourth-order valence-electron chi connectivity index (χ4n) is 5.46. The Morgan fingerprint density at radius 3 is 2.53 bits per heavy atom. The van der Waals surface area contributed by atoms with Crippen molar-refractivity contribution in [3.63, 3.8) is 0 Å². The van der Waals surface area contributed by atoms with Gasteiger partial charge in [-0.3, -0.25) is 19.1 Å². The summed E-state index contributed by atoms with van der Waals surface area (Å²) in [5.74, 6) is -8.75. The maximum atomic E-state index is 14.6. The minimum atomic E-state index is -5.21. The van der Waals surface area contributed by atoms with Gasteiger partial charge >= 0.3 is 12.4 Å².